The van der Waals surface area contributed by atoms with E-state index in [9.17, 15) is 8.42 Å². The van der Waals surface area contributed by atoms with Crippen molar-refractivity contribution < 1.29 is 18.3 Å². The van der Waals surface area contributed by atoms with E-state index in [1.807, 2.05) is 13.8 Å². The summed E-state index contributed by atoms with van der Waals surface area (Å²) >= 11 is 0. The van der Waals surface area contributed by atoms with Crippen molar-refractivity contribution in [2.45, 2.75) is 45.8 Å². The van der Waals surface area contributed by atoms with Crippen LogP contribution in [-0.4, -0.2) is 44.6 Å². The Labute approximate surface area is 98.2 Å². The molecule has 0 radical (unpaired) electrons. The van der Waals surface area contributed by atoms with Crippen molar-refractivity contribution in [1.29, 1.82) is 0 Å². The Morgan fingerprint density at radius 3 is 2.44 bits per heavy atom. The number of hydrogen-bond donors (Lipinski definition) is 2. The quantitative estimate of drug-likeness (QED) is 0.586. The third-order valence-electron chi connectivity index (χ3n) is 1.92. The lowest BCUT2D eigenvalue weighted by atomic mass is 10.2. The van der Waals surface area contributed by atoms with Gasteiger partial charge in [-0.05, 0) is 33.6 Å². The van der Waals surface area contributed by atoms with E-state index in [1.165, 1.54) is 0 Å². The van der Waals surface area contributed by atoms with Gasteiger partial charge in [0.2, 0.25) is 10.0 Å². The molecular weight excluding hydrogens is 230 g/mol. The van der Waals surface area contributed by atoms with Crippen LogP contribution >= 0.6 is 0 Å². The molecule has 0 aromatic heterocycles. The summed E-state index contributed by atoms with van der Waals surface area (Å²) < 4.78 is 30.4. The van der Waals surface area contributed by atoms with Crippen LogP contribution in [0.2, 0.25) is 0 Å². The maximum atomic E-state index is 11.4. The summed E-state index contributed by atoms with van der Waals surface area (Å²) in [5.41, 5.74) is 0. The zero-order valence-electron chi connectivity index (χ0n) is 10.3. The van der Waals surface area contributed by atoms with Gasteiger partial charge in [-0.25, -0.2) is 13.1 Å². The molecule has 0 spiro atoms. The van der Waals surface area contributed by atoms with Gasteiger partial charge in [0.15, 0.2) is 0 Å². The van der Waals surface area contributed by atoms with E-state index in [-0.39, 0.29) is 24.6 Å². The number of sulfonamides is 1. The molecule has 0 aliphatic rings. The van der Waals surface area contributed by atoms with Gasteiger partial charge in [-0.3, -0.25) is 0 Å². The molecule has 2 N–H and O–H groups in total. The SMILES string of the molecule is CC(O)CCCNS(=O)(=O)CCOC(C)C. The first-order valence-corrected chi connectivity index (χ1v) is 7.25. The molecule has 16 heavy (non-hydrogen) atoms. The summed E-state index contributed by atoms with van der Waals surface area (Å²) in [6.07, 6.45) is 0.909. The van der Waals surface area contributed by atoms with Gasteiger partial charge in [0.1, 0.15) is 0 Å². The summed E-state index contributed by atoms with van der Waals surface area (Å²) in [7, 11) is -3.23. The molecule has 0 saturated carbocycles. The Morgan fingerprint density at radius 1 is 1.31 bits per heavy atom. The monoisotopic (exact) mass is 253 g/mol. The first-order valence-electron chi connectivity index (χ1n) is 5.60. The van der Waals surface area contributed by atoms with Crippen molar-refractivity contribution in [1.82, 2.24) is 4.72 Å². The molecule has 0 amide bonds. The zero-order chi connectivity index (χ0) is 12.6. The minimum absolute atomic E-state index is 0.0140. The van der Waals surface area contributed by atoms with Crippen molar-refractivity contribution in [2.75, 3.05) is 18.9 Å². The molecule has 0 fully saturated rings. The van der Waals surface area contributed by atoms with Gasteiger partial charge in [0.25, 0.3) is 0 Å². The normalized spacial score (nSPS) is 14.3. The van der Waals surface area contributed by atoms with E-state index < -0.39 is 10.0 Å². The van der Waals surface area contributed by atoms with Crippen molar-refractivity contribution in [3.8, 4) is 0 Å². The van der Waals surface area contributed by atoms with Gasteiger partial charge in [-0.15, -0.1) is 0 Å². The van der Waals surface area contributed by atoms with Crippen LogP contribution < -0.4 is 4.72 Å². The minimum Gasteiger partial charge on any atom is -0.393 e. The van der Waals surface area contributed by atoms with Crippen LogP contribution in [0, 0.1) is 0 Å². The lowest BCUT2D eigenvalue weighted by molar-refractivity contribution is 0.0911. The fraction of sp³-hybridized carbons (Fsp3) is 1.00. The fourth-order valence-electron chi connectivity index (χ4n) is 1.09. The Kier molecular flexibility index (Phi) is 7.91. The molecule has 6 heteroatoms. The van der Waals surface area contributed by atoms with E-state index in [2.05, 4.69) is 4.72 Å². The van der Waals surface area contributed by atoms with Crippen molar-refractivity contribution in [3.63, 3.8) is 0 Å². The van der Waals surface area contributed by atoms with E-state index in [4.69, 9.17) is 9.84 Å². The van der Waals surface area contributed by atoms with Crippen LogP contribution in [0.5, 0.6) is 0 Å². The number of rotatable bonds is 9. The summed E-state index contributed by atoms with van der Waals surface area (Å²) in [4.78, 5) is 0. The maximum absolute atomic E-state index is 11.4. The van der Waals surface area contributed by atoms with Crippen molar-refractivity contribution in [3.05, 3.63) is 0 Å². The Bertz CT molecular complexity index is 262. The lowest BCUT2D eigenvalue weighted by Gasteiger charge is -2.09. The Hall–Kier alpha value is -0.170. The molecule has 1 unspecified atom stereocenters. The van der Waals surface area contributed by atoms with Gasteiger partial charge < -0.3 is 9.84 Å². The second-order valence-electron chi connectivity index (χ2n) is 4.12. The highest BCUT2D eigenvalue weighted by Crippen LogP contribution is 1.95. The molecule has 0 aliphatic heterocycles. The van der Waals surface area contributed by atoms with E-state index >= 15 is 0 Å². The number of hydrogen-bond acceptors (Lipinski definition) is 4. The number of ether oxygens (including phenoxy) is 1. The fourth-order valence-corrected chi connectivity index (χ4v) is 2.01. The molecule has 0 aromatic rings. The molecule has 0 heterocycles. The topological polar surface area (TPSA) is 75.6 Å². The standard InChI is InChI=1S/C10H23NO4S/c1-9(2)15-7-8-16(13,14)11-6-4-5-10(3)12/h9-12H,4-8H2,1-3H3. The first-order chi connectivity index (χ1) is 7.33. The van der Waals surface area contributed by atoms with Gasteiger partial charge >= 0.3 is 0 Å². The highest BCUT2D eigenvalue weighted by molar-refractivity contribution is 7.89. The largest absolute Gasteiger partial charge is 0.393 e. The molecule has 5 nitrogen and oxygen atoms in total. The van der Waals surface area contributed by atoms with Crippen LogP contribution in [0.4, 0.5) is 0 Å². The van der Waals surface area contributed by atoms with Crippen LogP contribution in [-0.2, 0) is 14.8 Å². The van der Waals surface area contributed by atoms with E-state index in [1.54, 1.807) is 6.92 Å². The number of aliphatic hydroxyl groups is 1. The summed E-state index contributed by atoms with van der Waals surface area (Å²) in [5, 5.41) is 8.99. The zero-order valence-corrected chi connectivity index (χ0v) is 11.1. The number of nitrogens with one attached hydrogen (secondary N) is 1. The predicted octanol–water partition coefficient (Wildman–Crippen LogP) is 0.492. The summed E-state index contributed by atoms with van der Waals surface area (Å²) in [6.45, 7) is 5.99. The lowest BCUT2D eigenvalue weighted by Crippen LogP contribution is -2.30. The van der Waals surface area contributed by atoms with Crippen LogP contribution in [0.1, 0.15) is 33.6 Å². The highest BCUT2D eigenvalue weighted by atomic mass is 32.2. The summed E-state index contributed by atoms with van der Waals surface area (Å²) in [5.74, 6) is -0.0140. The van der Waals surface area contributed by atoms with Crippen molar-refractivity contribution >= 4 is 10.0 Å². The molecule has 0 rings (SSSR count). The highest BCUT2D eigenvalue weighted by Gasteiger charge is 2.09. The smallest absolute Gasteiger partial charge is 0.213 e. The first kappa shape index (κ1) is 15.8. The molecule has 98 valence electrons. The summed E-state index contributed by atoms with van der Waals surface area (Å²) in [6, 6.07) is 0. The molecule has 0 aromatic carbocycles. The van der Waals surface area contributed by atoms with Crippen LogP contribution in [0.3, 0.4) is 0 Å². The second kappa shape index (κ2) is 8.00. The average Bonchev–Trinajstić information content (AvgIpc) is 2.11. The van der Waals surface area contributed by atoms with E-state index in [0.29, 0.717) is 19.4 Å². The van der Waals surface area contributed by atoms with Gasteiger partial charge in [-0.2, -0.15) is 0 Å². The van der Waals surface area contributed by atoms with Gasteiger partial charge in [-0.1, -0.05) is 0 Å². The van der Waals surface area contributed by atoms with Gasteiger partial charge in [0.05, 0.1) is 24.6 Å². The Balaban J connectivity index is 3.63. The maximum Gasteiger partial charge on any atom is 0.213 e. The third-order valence-corrected chi connectivity index (χ3v) is 3.27. The average molecular weight is 253 g/mol. The number of aliphatic hydroxyl groups excluding tert-OH is 1. The predicted molar refractivity (Wildman–Crippen MR) is 63.8 cm³/mol. The van der Waals surface area contributed by atoms with Crippen LogP contribution in [0.25, 0.3) is 0 Å². The Morgan fingerprint density at radius 2 is 1.94 bits per heavy atom. The third kappa shape index (κ3) is 10.4. The van der Waals surface area contributed by atoms with E-state index in [0.717, 1.165) is 0 Å². The molecule has 1 atom stereocenters. The molecule has 0 saturated heterocycles. The van der Waals surface area contributed by atoms with Crippen LogP contribution in [0.15, 0.2) is 0 Å². The molecular formula is C10H23NO4S. The second-order valence-corrected chi connectivity index (χ2v) is 6.05. The molecule has 0 aliphatic carbocycles. The minimum atomic E-state index is -3.23. The van der Waals surface area contributed by atoms with Gasteiger partial charge in [0, 0.05) is 6.54 Å². The van der Waals surface area contributed by atoms with Crippen molar-refractivity contribution in [2.24, 2.45) is 0 Å². The molecule has 0 bridgehead atoms.